The Kier molecular flexibility index (Phi) is 5.26. The highest BCUT2D eigenvalue weighted by molar-refractivity contribution is 4.89. The predicted octanol–water partition coefficient (Wildman–Crippen LogP) is 1.54. The molecule has 1 saturated carbocycles. The number of likely N-dealkylation sites (N-methyl/N-ethyl adjacent to an activating group) is 1. The minimum atomic E-state index is 0.765. The minimum Gasteiger partial charge on any atom is -0.315 e. The van der Waals surface area contributed by atoms with Crippen LogP contribution in [-0.2, 0) is 0 Å². The first kappa shape index (κ1) is 13.3. The van der Waals surface area contributed by atoms with E-state index in [2.05, 4.69) is 29.0 Å². The molecule has 2 fully saturated rings. The molecule has 2 rings (SSSR count). The molecule has 1 aliphatic carbocycles. The minimum absolute atomic E-state index is 0.765. The maximum absolute atomic E-state index is 3.52. The normalized spacial score (nSPS) is 25.1. The van der Waals surface area contributed by atoms with E-state index in [1.54, 1.807) is 0 Å². The molecule has 0 aromatic heterocycles. The Morgan fingerprint density at radius 1 is 1.12 bits per heavy atom. The Hall–Kier alpha value is -0.120. The summed E-state index contributed by atoms with van der Waals surface area (Å²) in [6.45, 7) is 12.0. The van der Waals surface area contributed by atoms with E-state index < -0.39 is 0 Å². The molecule has 1 unspecified atom stereocenters. The second-order valence-electron chi connectivity index (χ2n) is 5.55. The Bertz CT molecular complexity index is 208. The van der Waals surface area contributed by atoms with Crippen molar-refractivity contribution in [2.24, 2.45) is 0 Å². The number of rotatable bonds is 7. The molecule has 100 valence electrons. The first-order valence-corrected chi connectivity index (χ1v) is 7.54. The third-order valence-electron chi connectivity index (χ3n) is 4.18. The molecule has 3 nitrogen and oxygen atoms in total. The SMILES string of the molecule is CCCC(CNCC)N1CCN(C2CC2)CC1. The van der Waals surface area contributed by atoms with E-state index in [4.69, 9.17) is 0 Å². The zero-order valence-electron chi connectivity index (χ0n) is 11.6. The van der Waals surface area contributed by atoms with Crippen LogP contribution in [0.3, 0.4) is 0 Å². The van der Waals surface area contributed by atoms with Crippen molar-refractivity contribution in [2.75, 3.05) is 39.3 Å². The van der Waals surface area contributed by atoms with E-state index in [9.17, 15) is 0 Å². The summed E-state index contributed by atoms with van der Waals surface area (Å²) in [5, 5.41) is 3.52. The molecule has 0 radical (unpaired) electrons. The van der Waals surface area contributed by atoms with Gasteiger partial charge in [-0.3, -0.25) is 9.80 Å². The molecule has 2 aliphatic rings. The molecule has 17 heavy (non-hydrogen) atoms. The second kappa shape index (κ2) is 6.72. The van der Waals surface area contributed by atoms with Gasteiger partial charge in [-0.05, 0) is 25.8 Å². The second-order valence-corrected chi connectivity index (χ2v) is 5.55. The van der Waals surface area contributed by atoms with Crippen molar-refractivity contribution in [3.8, 4) is 0 Å². The highest BCUT2D eigenvalue weighted by atomic mass is 15.3. The molecule has 0 spiro atoms. The number of hydrogen-bond acceptors (Lipinski definition) is 3. The number of nitrogens with one attached hydrogen (secondary N) is 1. The van der Waals surface area contributed by atoms with Gasteiger partial charge in [0.05, 0.1) is 0 Å². The lowest BCUT2D eigenvalue weighted by atomic mass is 10.1. The van der Waals surface area contributed by atoms with Gasteiger partial charge in [0.1, 0.15) is 0 Å². The van der Waals surface area contributed by atoms with Crippen LogP contribution in [0.15, 0.2) is 0 Å². The molecular formula is C14H29N3. The smallest absolute Gasteiger partial charge is 0.0221 e. The van der Waals surface area contributed by atoms with Crippen LogP contribution in [0, 0.1) is 0 Å². The molecule has 0 amide bonds. The quantitative estimate of drug-likeness (QED) is 0.727. The largest absolute Gasteiger partial charge is 0.315 e. The van der Waals surface area contributed by atoms with Gasteiger partial charge in [-0.25, -0.2) is 0 Å². The Morgan fingerprint density at radius 3 is 2.35 bits per heavy atom. The maximum Gasteiger partial charge on any atom is 0.0221 e. The average molecular weight is 239 g/mol. The monoisotopic (exact) mass is 239 g/mol. The number of hydrogen-bond donors (Lipinski definition) is 1. The highest BCUT2D eigenvalue weighted by Gasteiger charge is 2.32. The first-order valence-electron chi connectivity index (χ1n) is 7.54. The topological polar surface area (TPSA) is 18.5 Å². The van der Waals surface area contributed by atoms with E-state index in [0.717, 1.165) is 18.6 Å². The number of piperazine rings is 1. The third kappa shape index (κ3) is 3.94. The van der Waals surface area contributed by atoms with Gasteiger partial charge in [-0.15, -0.1) is 0 Å². The molecule has 1 aliphatic heterocycles. The fraction of sp³-hybridized carbons (Fsp3) is 1.00. The van der Waals surface area contributed by atoms with Crippen molar-refractivity contribution in [1.82, 2.24) is 15.1 Å². The summed E-state index contributed by atoms with van der Waals surface area (Å²) in [5.41, 5.74) is 0. The summed E-state index contributed by atoms with van der Waals surface area (Å²) in [6, 6.07) is 1.72. The van der Waals surface area contributed by atoms with E-state index in [1.807, 2.05) is 0 Å². The van der Waals surface area contributed by atoms with Crippen LogP contribution < -0.4 is 5.32 Å². The molecule has 1 atom stereocenters. The van der Waals surface area contributed by atoms with E-state index >= 15 is 0 Å². The molecule has 1 saturated heterocycles. The van der Waals surface area contributed by atoms with Crippen LogP contribution in [-0.4, -0.2) is 61.2 Å². The molecule has 0 aromatic rings. The van der Waals surface area contributed by atoms with Crippen LogP contribution in [0.2, 0.25) is 0 Å². The highest BCUT2D eigenvalue weighted by Crippen LogP contribution is 2.27. The van der Waals surface area contributed by atoms with Crippen molar-refractivity contribution < 1.29 is 0 Å². The van der Waals surface area contributed by atoms with E-state index in [0.29, 0.717) is 0 Å². The van der Waals surface area contributed by atoms with Gasteiger partial charge in [-0.1, -0.05) is 20.3 Å². The summed E-state index contributed by atoms with van der Waals surface area (Å²) in [6.07, 6.45) is 5.56. The van der Waals surface area contributed by atoms with E-state index in [-0.39, 0.29) is 0 Å². The standard InChI is InChI=1S/C14H29N3/c1-3-5-14(12-15-4-2)17-10-8-16(9-11-17)13-6-7-13/h13-15H,3-12H2,1-2H3. The van der Waals surface area contributed by atoms with Gasteiger partial charge >= 0.3 is 0 Å². The average Bonchev–Trinajstić information content (AvgIpc) is 3.19. The van der Waals surface area contributed by atoms with Crippen LogP contribution in [0.4, 0.5) is 0 Å². The van der Waals surface area contributed by atoms with Crippen LogP contribution in [0.25, 0.3) is 0 Å². The Morgan fingerprint density at radius 2 is 1.82 bits per heavy atom. The number of nitrogens with zero attached hydrogens (tertiary/aromatic N) is 2. The summed E-state index contributed by atoms with van der Waals surface area (Å²) < 4.78 is 0. The lowest BCUT2D eigenvalue weighted by molar-refractivity contribution is 0.0869. The van der Waals surface area contributed by atoms with Gasteiger partial charge in [0.2, 0.25) is 0 Å². The fourth-order valence-electron chi connectivity index (χ4n) is 2.97. The zero-order valence-corrected chi connectivity index (χ0v) is 11.6. The van der Waals surface area contributed by atoms with Gasteiger partial charge in [0.25, 0.3) is 0 Å². The van der Waals surface area contributed by atoms with Crippen LogP contribution in [0.5, 0.6) is 0 Å². The van der Waals surface area contributed by atoms with Crippen LogP contribution in [0.1, 0.15) is 39.5 Å². The Balaban J connectivity index is 1.74. The van der Waals surface area contributed by atoms with Crippen molar-refractivity contribution in [3.05, 3.63) is 0 Å². The molecular weight excluding hydrogens is 210 g/mol. The molecule has 1 heterocycles. The fourth-order valence-corrected chi connectivity index (χ4v) is 2.97. The molecule has 0 aromatic carbocycles. The van der Waals surface area contributed by atoms with E-state index in [1.165, 1.54) is 58.4 Å². The zero-order chi connectivity index (χ0) is 12.1. The van der Waals surface area contributed by atoms with Gasteiger partial charge < -0.3 is 5.32 Å². The van der Waals surface area contributed by atoms with Crippen molar-refractivity contribution in [1.29, 1.82) is 0 Å². The van der Waals surface area contributed by atoms with Crippen molar-refractivity contribution >= 4 is 0 Å². The van der Waals surface area contributed by atoms with Gasteiger partial charge in [-0.2, -0.15) is 0 Å². The molecule has 1 N–H and O–H groups in total. The van der Waals surface area contributed by atoms with Crippen molar-refractivity contribution in [3.63, 3.8) is 0 Å². The van der Waals surface area contributed by atoms with Crippen molar-refractivity contribution in [2.45, 2.75) is 51.6 Å². The molecule has 0 bridgehead atoms. The first-order chi connectivity index (χ1) is 8.35. The van der Waals surface area contributed by atoms with Gasteiger partial charge in [0, 0.05) is 44.8 Å². The van der Waals surface area contributed by atoms with Gasteiger partial charge in [0.15, 0.2) is 0 Å². The summed E-state index contributed by atoms with van der Waals surface area (Å²) in [5.74, 6) is 0. The summed E-state index contributed by atoms with van der Waals surface area (Å²) in [4.78, 5) is 5.41. The third-order valence-corrected chi connectivity index (χ3v) is 4.18. The van der Waals surface area contributed by atoms with Crippen LogP contribution >= 0.6 is 0 Å². The Labute approximate surface area is 107 Å². The summed E-state index contributed by atoms with van der Waals surface area (Å²) >= 11 is 0. The molecule has 3 heteroatoms. The maximum atomic E-state index is 3.52. The predicted molar refractivity (Wildman–Crippen MR) is 73.4 cm³/mol. The lowest BCUT2D eigenvalue weighted by Gasteiger charge is -2.39. The lowest BCUT2D eigenvalue weighted by Crippen LogP contribution is -2.53. The summed E-state index contributed by atoms with van der Waals surface area (Å²) in [7, 11) is 0.